The average molecular weight is 419 g/mol. The van der Waals surface area contributed by atoms with E-state index in [1.807, 2.05) is 7.11 Å². The Morgan fingerprint density at radius 2 is 1.38 bits per heavy atom. The Labute approximate surface area is 181 Å². The van der Waals surface area contributed by atoms with Crippen molar-refractivity contribution < 1.29 is 9.16 Å². The Bertz CT molecular complexity index is 623. The molecule has 166 valence electrons. The molecule has 1 unspecified atom stereocenters. The van der Waals surface area contributed by atoms with Crippen LogP contribution < -0.4 is 0 Å². The van der Waals surface area contributed by atoms with E-state index in [9.17, 15) is 0 Å². The van der Waals surface area contributed by atoms with Gasteiger partial charge in [-0.1, -0.05) is 72.9 Å². The first-order valence-electron chi connectivity index (χ1n) is 11.9. The first-order chi connectivity index (χ1) is 13.6. The highest BCUT2D eigenvalue weighted by Gasteiger charge is 2.45. The molecule has 1 aromatic rings. The third-order valence-electron chi connectivity index (χ3n) is 7.58. The molecule has 1 saturated carbocycles. The molecular formula is C26H46O2Si. The SMILES string of the molecule is COC(c1cc(C)c(C)cc1CO[Si](C(C)C)(C(C)C)C(C)C)C1CCCCC1. The molecule has 1 fully saturated rings. The molecule has 0 saturated heterocycles. The Morgan fingerprint density at radius 1 is 0.862 bits per heavy atom. The summed E-state index contributed by atoms with van der Waals surface area (Å²) in [5.74, 6) is 0.636. The predicted molar refractivity (Wildman–Crippen MR) is 128 cm³/mol. The third-order valence-corrected chi connectivity index (χ3v) is 13.6. The summed E-state index contributed by atoms with van der Waals surface area (Å²) < 4.78 is 13.1. The lowest BCUT2D eigenvalue weighted by Crippen LogP contribution is -2.47. The lowest BCUT2D eigenvalue weighted by molar-refractivity contribution is 0.0339. The first-order valence-corrected chi connectivity index (χ1v) is 14.1. The highest BCUT2D eigenvalue weighted by Crippen LogP contribution is 2.44. The summed E-state index contributed by atoms with van der Waals surface area (Å²) in [6.07, 6.45) is 6.82. The van der Waals surface area contributed by atoms with Crippen molar-refractivity contribution in [3.8, 4) is 0 Å². The number of ether oxygens (including phenoxy) is 1. The van der Waals surface area contributed by atoms with Crippen LogP contribution in [0.5, 0.6) is 0 Å². The van der Waals surface area contributed by atoms with E-state index in [-0.39, 0.29) is 6.10 Å². The van der Waals surface area contributed by atoms with Gasteiger partial charge in [-0.25, -0.2) is 0 Å². The van der Waals surface area contributed by atoms with Crippen LogP contribution in [0.25, 0.3) is 0 Å². The Hall–Kier alpha value is -0.643. The quantitative estimate of drug-likeness (QED) is 0.376. The molecule has 0 aromatic heterocycles. The summed E-state index contributed by atoms with van der Waals surface area (Å²) in [5.41, 5.74) is 7.27. The van der Waals surface area contributed by atoms with E-state index in [1.165, 1.54) is 54.4 Å². The lowest BCUT2D eigenvalue weighted by Gasteiger charge is -2.42. The minimum absolute atomic E-state index is 0.196. The van der Waals surface area contributed by atoms with Gasteiger partial charge in [-0.05, 0) is 71.5 Å². The van der Waals surface area contributed by atoms with Gasteiger partial charge >= 0.3 is 0 Å². The summed E-state index contributed by atoms with van der Waals surface area (Å²) >= 11 is 0. The maximum absolute atomic E-state index is 7.00. The van der Waals surface area contributed by atoms with Crippen molar-refractivity contribution in [2.24, 2.45) is 5.92 Å². The standard InChI is InChI=1S/C26H46O2Si/c1-18(2)29(19(3)4,20(5)6)28-17-24-15-21(7)22(8)16-25(24)26(27-9)23-13-11-10-12-14-23/h15-16,18-20,23,26H,10-14,17H2,1-9H3. The van der Waals surface area contributed by atoms with Crippen LogP contribution in [-0.2, 0) is 15.8 Å². The molecule has 2 rings (SSSR count). The molecule has 0 amide bonds. The summed E-state index contributed by atoms with van der Waals surface area (Å²) in [5, 5.41) is 0. The molecule has 1 aromatic carbocycles. The molecule has 3 heteroatoms. The van der Waals surface area contributed by atoms with Gasteiger partial charge in [-0.3, -0.25) is 0 Å². The average Bonchev–Trinajstić information content (AvgIpc) is 2.66. The largest absolute Gasteiger partial charge is 0.412 e. The van der Waals surface area contributed by atoms with Crippen molar-refractivity contribution >= 4 is 8.32 Å². The highest BCUT2D eigenvalue weighted by atomic mass is 28.4. The van der Waals surface area contributed by atoms with E-state index < -0.39 is 8.32 Å². The number of benzene rings is 1. The monoisotopic (exact) mass is 418 g/mol. The molecule has 2 nitrogen and oxygen atoms in total. The van der Waals surface area contributed by atoms with Crippen molar-refractivity contribution in [2.45, 2.75) is 117 Å². The van der Waals surface area contributed by atoms with Crippen LogP contribution in [0.1, 0.15) is 102 Å². The fraction of sp³-hybridized carbons (Fsp3) is 0.769. The van der Waals surface area contributed by atoms with Gasteiger partial charge in [0.05, 0.1) is 12.7 Å². The van der Waals surface area contributed by atoms with Crippen LogP contribution in [0, 0.1) is 19.8 Å². The van der Waals surface area contributed by atoms with Gasteiger partial charge in [0.2, 0.25) is 8.32 Å². The van der Waals surface area contributed by atoms with Gasteiger partial charge in [-0.15, -0.1) is 0 Å². The zero-order valence-electron chi connectivity index (χ0n) is 20.6. The van der Waals surface area contributed by atoms with E-state index in [1.54, 1.807) is 0 Å². The number of hydrogen-bond donors (Lipinski definition) is 0. The first kappa shape index (κ1) is 24.6. The molecule has 0 radical (unpaired) electrons. The van der Waals surface area contributed by atoms with Gasteiger partial charge in [-0.2, -0.15) is 0 Å². The molecule has 0 N–H and O–H groups in total. The van der Waals surface area contributed by atoms with Gasteiger partial charge in [0.25, 0.3) is 0 Å². The van der Waals surface area contributed by atoms with Crippen molar-refractivity contribution in [1.82, 2.24) is 0 Å². The van der Waals surface area contributed by atoms with Crippen LogP contribution >= 0.6 is 0 Å². The van der Waals surface area contributed by atoms with E-state index in [2.05, 4.69) is 67.5 Å². The lowest BCUT2D eigenvalue weighted by atomic mass is 9.81. The number of aryl methyl sites for hydroxylation is 2. The molecule has 1 aliphatic rings. The fourth-order valence-corrected chi connectivity index (χ4v) is 11.4. The van der Waals surface area contributed by atoms with Crippen LogP contribution in [0.4, 0.5) is 0 Å². The molecule has 29 heavy (non-hydrogen) atoms. The van der Waals surface area contributed by atoms with E-state index >= 15 is 0 Å². The molecular weight excluding hydrogens is 372 g/mol. The summed E-state index contributed by atoms with van der Waals surface area (Å²) in [6, 6.07) is 4.76. The topological polar surface area (TPSA) is 18.5 Å². The van der Waals surface area contributed by atoms with Crippen molar-refractivity contribution in [2.75, 3.05) is 7.11 Å². The summed E-state index contributed by atoms with van der Waals surface area (Å²) in [4.78, 5) is 0. The van der Waals surface area contributed by atoms with Crippen molar-refractivity contribution in [3.05, 3.63) is 34.4 Å². The maximum atomic E-state index is 7.00. The molecule has 0 heterocycles. The fourth-order valence-electron chi connectivity index (χ4n) is 6.00. The zero-order chi connectivity index (χ0) is 21.8. The van der Waals surface area contributed by atoms with Crippen LogP contribution in [0.2, 0.25) is 16.6 Å². The molecule has 1 aliphatic carbocycles. The van der Waals surface area contributed by atoms with Gasteiger partial charge in [0.1, 0.15) is 0 Å². The van der Waals surface area contributed by atoms with Crippen molar-refractivity contribution in [3.63, 3.8) is 0 Å². The van der Waals surface area contributed by atoms with Gasteiger partial charge in [0, 0.05) is 7.11 Å². The number of methoxy groups -OCH3 is 1. The second kappa shape index (κ2) is 10.6. The second-order valence-corrected chi connectivity index (χ2v) is 15.8. The number of hydrogen-bond acceptors (Lipinski definition) is 2. The maximum Gasteiger partial charge on any atom is 0.200 e. The van der Waals surface area contributed by atoms with Crippen LogP contribution in [0.3, 0.4) is 0 Å². The normalized spacial score (nSPS) is 17.5. The molecule has 0 spiro atoms. The zero-order valence-corrected chi connectivity index (χ0v) is 21.6. The van der Waals surface area contributed by atoms with Crippen molar-refractivity contribution in [1.29, 1.82) is 0 Å². The van der Waals surface area contributed by atoms with E-state index in [0.717, 1.165) is 6.61 Å². The van der Waals surface area contributed by atoms with Gasteiger partial charge in [0.15, 0.2) is 0 Å². The molecule has 0 bridgehead atoms. The minimum Gasteiger partial charge on any atom is -0.412 e. The molecule has 0 aliphatic heterocycles. The van der Waals surface area contributed by atoms with E-state index in [4.69, 9.17) is 9.16 Å². The molecule has 1 atom stereocenters. The predicted octanol–water partition coefficient (Wildman–Crippen LogP) is 8.26. The number of rotatable bonds is 9. The Balaban J connectivity index is 2.40. The smallest absolute Gasteiger partial charge is 0.200 e. The minimum atomic E-state index is -1.89. The Morgan fingerprint density at radius 3 is 1.86 bits per heavy atom. The van der Waals surface area contributed by atoms with Gasteiger partial charge < -0.3 is 9.16 Å². The van der Waals surface area contributed by atoms with Crippen LogP contribution in [-0.4, -0.2) is 15.4 Å². The van der Waals surface area contributed by atoms with E-state index in [0.29, 0.717) is 22.5 Å². The Kier molecular flexibility index (Phi) is 8.99. The highest BCUT2D eigenvalue weighted by molar-refractivity contribution is 6.77. The van der Waals surface area contributed by atoms with Crippen LogP contribution in [0.15, 0.2) is 12.1 Å². The second-order valence-electron chi connectivity index (χ2n) is 10.3. The summed E-state index contributed by atoms with van der Waals surface area (Å²) in [7, 11) is 0.00774. The summed E-state index contributed by atoms with van der Waals surface area (Å²) in [6.45, 7) is 19.4. The third kappa shape index (κ3) is 5.35.